The first-order valence-corrected chi connectivity index (χ1v) is 8.94. The third kappa shape index (κ3) is 3.70. The van der Waals surface area contributed by atoms with Crippen LogP contribution in [0.2, 0.25) is 0 Å². The third-order valence-electron chi connectivity index (χ3n) is 3.91. The van der Waals surface area contributed by atoms with Gasteiger partial charge in [0.05, 0.1) is 11.3 Å². The second-order valence-corrected chi connectivity index (χ2v) is 6.61. The number of pyridine rings is 1. The smallest absolute Gasteiger partial charge is 0.244 e. The Kier molecular flexibility index (Phi) is 4.84. The molecule has 130 valence electrons. The molecule has 0 spiro atoms. The van der Waals surface area contributed by atoms with Crippen LogP contribution >= 0.6 is 15.9 Å². The lowest BCUT2D eigenvalue weighted by molar-refractivity contribution is 0.300. The number of rotatable bonds is 5. The lowest BCUT2D eigenvalue weighted by Crippen LogP contribution is -2.12. The van der Waals surface area contributed by atoms with E-state index in [2.05, 4.69) is 26.0 Å². The summed E-state index contributed by atoms with van der Waals surface area (Å²) in [4.78, 5) is 4.02. The molecule has 2 aromatic carbocycles. The zero-order valence-corrected chi connectivity index (χ0v) is 15.5. The second-order valence-electron chi connectivity index (χ2n) is 5.70. The van der Waals surface area contributed by atoms with Gasteiger partial charge in [-0.05, 0) is 48.0 Å². The van der Waals surface area contributed by atoms with Crippen molar-refractivity contribution in [3.8, 4) is 5.75 Å². The van der Waals surface area contributed by atoms with Crippen LogP contribution in [-0.2, 0) is 11.3 Å². The van der Waals surface area contributed by atoms with Crippen LogP contribution in [0.5, 0.6) is 5.75 Å². The van der Waals surface area contributed by atoms with Crippen LogP contribution in [0.25, 0.3) is 0 Å². The van der Waals surface area contributed by atoms with Crippen LogP contribution in [0, 0.1) is 0 Å². The number of aromatic nitrogens is 1. The van der Waals surface area contributed by atoms with E-state index < -0.39 is 0 Å². The van der Waals surface area contributed by atoms with Gasteiger partial charge in [0, 0.05) is 16.9 Å². The van der Waals surface area contributed by atoms with Crippen molar-refractivity contribution in [1.82, 2.24) is 4.98 Å². The molecule has 0 N–H and O–H groups in total. The Labute approximate surface area is 160 Å². The maximum atomic E-state index is 6.00. The molecule has 4 rings (SSSR count). The molecule has 0 saturated heterocycles. The number of nitrogens with zero attached hydrogens (tertiary/aromatic N) is 3. The van der Waals surface area contributed by atoms with Gasteiger partial charge in [0.15, 0.2) is 6.73 Å². The maximum absolute atomic E-state index is 6.00. The van der Waals surface area contributed by atoms with Gasteiger partial charge in [-0.3, -0.25) is 4.98 Å². The molecule has 0 radical (unpaired) electrons. The average molecular weight is 410 g/mol. The maximum Gasteiger partial charge on any atom is 0.244 e. The van der Waals surface area contributed by atoms with E-state index in [0.29, 0.717) is 19.2 Å². The van der Waals surface area contributed by atoms with Crippen molar-refractivity contribution in [3.05, 3.63) is 88.7 Å². The van der Waals surface area contributed by atoms with E-state index in [4.69, 9.17) is 9.47 Å². The highest BCUT2D eigenvalue weighted by Crippen LogP contribution is 2.28. The van der Waals surface area contributed by atoms with E-state index in [1.165, 1.54) is 0 Å². The van der Waals surface area contributed by atoms with Crippen molar-refractivity contribution in [3.63, 3.8) is 0 Å². The predicted molar refractivity (Wildman–Crippen MR) is 104 cm³/mol. The van der Waals surface area contributed by atoms with Crippen molar-refractivity contribution in [2.24, 2.45) is 5.10 Å². The molecule has 26 heavy (non-hydrogen) atoms. The Morgan fingerprint density at radius 3 is 2.65 bits per heavy atom. The molecule has 0 unspecified atom stereocenters. The van der Waals surface area contributed by atoms with E-state index in [0.717, 1.165) is 27.0 Å². The molecule has 5 nitrogen and oxygen atoms in total. The van der Waals surface area contributed by atoms with Crippen LogP contribution in [0.1, 0.15) is 11.1 Å². The fourth-order valence-corrected chi connectivity index (χ4v) is 2.95. The number of anilines is 1. The zero-order chi connectivity index (χ0) is 17.8. The summed E-state index contributed by atoms with van der Waals surface area (Å²) in [6, 6.07) is 19.6. The number of ether oxygens (including phenoxy) is 2. The van der Waals surface area contributed by atoms with Crippen molar-refractivity contribution >= 4 is 27.5 Å². The Bertz CT molecular complexity index is 917. The van der Waals surface area contributed by atoms with Crippen LogP contribution in [0.4, 0.5) is 5.69 Å². The largest absolute Gasteiger partial charge is 0.488 e. The molecular formula is C20H16BrN3O2. The molecule has 0 amide bonds. The monoisotopic (exact) mass is 409 g/mol. The molecule has 6 heteroatoms. The molecule has 0 bridgehead atoms. The summed E-state index contributed by atoms with van der Waals surface area (Å²) in [6.45, 7) is 0.822. The Hall–Kier alpha value is -2.86. The minimum Gasteiger partial charge on any atom is -0.488 e. The van der Waals surface area contributed by atoms with Gasteiger partial charge >= 0.3 is 0 Å². The van der Waals surface area contributed by atoms with E-state index in [-0.39, 0.29) is 0 Å². The number of para-hydroxylation sites is 1. The number of halogens is 1. The van der Waals surface area contributed by atoms with Crippen molar-refractivity contribution in [2.45, 2.75) is 6.61 Å². The Morgan fingerprint density at radius 1 is 1.04 bits per heavy atom. The first kappa shape index (κ1) is 16.6. The minimum absolute atomic E-state index is 0.371. The first-order valence-electron chi connectivity index (χ1n) is 8.15. The van der Waals surface area contributed by atoms with E-state index in [1.807, 2.05) is 65.7 Å². The average Bonchev–Trinajstić information content (AvgIpc) is 3.18. The standard InChI is InChI=1S/C20H16BrN3O2/c21-16-6-7-19(25-13-15-8-10-22-11-9-15)18(12-16)20-23-24(14-26-20)17-4-2-1-3-5-17/h1-12H,13-14H2. The summed E-state index contributed by atoms with van der Waals surface area (Å²) >= 11 is 3.51. The number of hydrogen-bond acceptors (Lipinski definition) is 5. The van der Waals surface area contributed by atoms with Gasteiger partial charge in [0.1, 0.15) is 12.4 Å². The SMILES string of the molecule is Brc1ccc(OCc2ccncc2)c(C2=NN(c3ccccc3)CO2)c1. The summed E-state index contributed by atoms with van der Waals surface area (Å²) in [6.07, 6.45) is 3.51. The summed E-state index contributed by atoms with van der Waals surface area (Å²) < 4.78 is 12.8. The summed E-state index contributed by atoms with van der Waals surface area (Å²) in [5.74, 6) is 1.26. The van der Waals surface area contributed by atoms with Gasteiger partial charge in [0.2, 0.25) is 5.90 Å². The number of hydrazone groups is 1. The van der Waals surface area contributed by atoms with Gasteiger partial charge in [-0.1, -0.05) is 34.1 Å². The van der Waals surface area contributed by atoms with Gasteiger partial charge in [0.25, 0.3) is 0 Å². The molecule has 2 heterocycles. The lowest BCUT2D eigenvalue weighted by atomic mass is 10.2. The number of hydrogen-bond donors (Lipinski definition) is 0. The normalized spacial score (nSPS) is 13.3. The molecule has 0 atom stereocenters. The third-order valence-corrected chi connectivity index (χ3v) is 4.40. The second kappa shape index (κ2) is 7.58. The van der Waals surface area contributed by atoms with E-state index in [9.17, 15) is 0 Å². The van der Waals surface area contributed by atoms with E-state index in [1.54, 1.807) is 12.4 Å². The summed E-state index contributed by atoms with van der Waals surface area (Å²) in [7, 11) is 0. The highest BCUT2D eigenvalue weighted by atomic mass is 79.9. The van der Waals surface area contributed by atoms with Crippen LogP contribution in [-0.4, -0.2) is 17.6 Å². The number of benzene rings is 2. The Balaban J connectivity index is 1.59. The van der Waals surface area contributed by atoms with Crippen LogP contribution in [0.15, 0.2) is 82.6 Å². The van der Waals surface area contributed by atoms with Crippen molar-refractivity contribution in [2.75, 3.05) is 11.7 Å². The molecular weight excluding hydrogens is 394 g/mol. The predicted octanol–water partition coefficient (Wildman–Crippen LogP) is 4.58. The van der Waals surface area contributed by atoms with Crippen molar-refractivity contribution < 1.29 is 9.47 Å². The van der Waals surface area contributed by atoms with Gasteiger partial charge in [-0.2, -0.15) is 0 Å². The quantitative estimate of drug-likeness (QED) is 0.618. The van der Waals surface area contributed by atoms with Crippen LogP contribution in [0.3, 0.4) is 0 Å². The summed E-state index contributed by atoms with van der Waals surface area (Å²) in [5, 5.41) is 6.42. The van der Waals surface area contributed by atoms with Crippen molar-refractivity contribution in [1.29, 1.82) is 0 Å². The van der Waals surface area contributed by atoms with E-state index >= 15 is 0 Å². The molecule has 0 fully saturated rings. The van der Waals surface area contributed by atoms with Gasteiger partial charge in [-0.25, -0.2) is 5.01 Å². The summed E-state index contributed by atoms with van der Waals surface area (Å²) in [5.41, 5.74) is 2.85. The highest BCUT2D eigenvalue weighted by molar-refractivity contribution is 9.10. The molecule has 0 saturated carbocycles. The molecule has 1 aliphatic rings. The van der Waals surface area contributed by atoms with Crippen LogP contribution < -0.4 is 9.75 Å². The lowest BCUT2D eigenvalue weighted by Gasteiger charge is -2.11. The minimum atomic E-state index is 0.371. The van der Waals surface area contributed by atoms with Gasteiger partial charge < -0.3 is 9.47 Å². The molecule has 1 aromatic heterocycles. The fourth-order valence-electron chi connectivity index (χ4n) is 2.59. The molecule has 0 aliphatic carbocycles. The fraction of sp³-hybridized carbons (Fsp3) is 0.100. The Morgan fingerprint density at radius 2 is 1.85 bits per heavy atom. The first-order chi connectivity index (χ1) is 12.8. The van der Waals surface area contributed by atoms with Gasteiger partial charge in [-0.15, -0.1) is 5.10 Å². The molecule has 3 aromatic rings. The topological polar surface area (TPSA) is 47.0 Å². The molecule has 1 aliphatic heterocycles. The zero-order valence-electron chi connectivity index (χ0n) is 13.9. The highest BCUT2D eigenvalue weighted by Gasteiger charge is 2.22.